The van der Waals surface area contributed by atoms with E-state index in [-0.39, 0.29) is 17.1 Å². The molecular weight excluding hydrogens is 350 g/mol. The Balaban J connectivity index is 1.81. The number of hydrogen-bond donors (Lipinski definition) is 2. The van der Waals surface area contributed by atoms with E-state index >= 15 is 0 Å². The highest BCUT2D eigenvalue weighted by Crippen LogP contribution is 2.28. The van der Waals surface area contributed by atoms with E-state index in [0.29, 0.717) is 17.9 Å². The molecule has 1 saturated heterocycles. The van der Waals surface area contributed by atoms with Gasteiger partial charge >= 0.3 is 5.97 Å². The van der Waals surface area contributed by atoms with Gasteiger partial charge in [0.2, 0.25) is 0 Å². The lowest BCUT2D eigenvalue weighted by Gasteiger charge is -2.23. The summed E-state index contributed by atoms with van der Waals surface area (Å²) in [5.74, 6) is -0.807. The van der Waals surface area contributed by atoms with Crippen LogP contribution in [0, 0.1) is 10.1 Å². The minimum absolute atomic E-state index is 0.0657. The number of carboxylic acid groups (broad SMARTS) is 1. The molecule has 0 radical (unpaired) electrons. The third-order valence-corrected chi connectivity index (χ3v) is 5.00. The number of nitro benzene ring substituents is 1. The number of hydrogen-bond acceptors (Lipinski definition) is 7. The quantitative estimate of drug-likeness (QED) is 0.589. The number of nitrogens with one attached hydrogen (secondary N) is 1. The normalized spacial score (nSPS) is 19.5. The predicted molar refractivity (Wildman–Crippen MR) is 87.8 cm³/mol. The van der Waals surface area contributed by atoms with Gasteiger partial charge < -0.3 is 10.4 Å². The average molecular weight is 363 g/mol. The lowest BCUT2D eigenvalue weighted by atomic mass is 9.99. The summed E-state index contributed by atoms with van der Waals surface area (Å²) in [6, 6.07) is 5.70. The van der Waals surface area contributed by atoms with Crippen molar-refractivity contribution in [1.82, 2.24) is 20.3 Å². The Morgan fingerprint density at radius 1 is 1.44 bits per heavy atom. The Bertz CT molecular complexity index is 846. The summed E-state index contributed by atoms with van der Waals surface area (Å²) in [5, 5.41) is 30.3. The van der Waals surface area contributed by atoms with E-state index in [1.54, 1.807) is 6.07 Å². The standard InChI is InChI=1S/C14H13N5O5S/c20-12(15-14(13(21)22)4-5-25-8-14)11-7-18(17-16-11)9-2-1-3-10(6-9)19(23)24/h1-3,6-7H,4-5,8H2,(H,15,20)(H,21,22). The molecule has 0 aliphatic carbocycles. The van der Waals surface area contributed by atoms with Crippen LogP contribution in [0.25, 0.3) is 5.69 Å². The number of non-ortho nitro benzene ring substituents is 1. The van der Waals surface area contributed by atoms with Crippen molar-refractivity contribution >= 4 is 29.3 Å². The van der Waals surface area contributed by atoms with Gasteiger partial charge in [-0.15, -0.1) is 5.10 Å². The summed E-state index contributed by atoms with van der Waals surface area (Å²) in [4.78, 5) is 34.1. The van der Waals surface area contributed by atoms with E-state index in [0.717, 1.165) is 0 Å². The second-order valence-corrected chi connectivity index (χ2v) is 6.57. The predicted octanol–water partition coefficient (Wildman–Crippen LogP) is 0.866. The molecule has 2 heterocycles. The number of nitrogens with zero attached hydrogens (tertiary/aromatic N) is 4. The van der Waals surface area contributed by atoms with Gasteiger partial charge in [0.1, 0.15) is 5.54 Å². The molecule has 3 rings (SSSR count). The molecule has 1 aromatic heterocycles. The fourth-order valence-electron chi connectivity index (χ4n) is 2.41. The van der Waals surface area contributed by atoms with Crippen molar-refractivity contribution in [2.75, 3.05) is 11.5 Å². The number of carboxylic acids is 1. The number of benzene rings is 1. The van der Waals surface area contributed by atoms with Gasteiger partial charge in [-0.1, -0.05) is 11.3 Å². The molecule has 11 heteroatoms. The van der Waals surface area contributed by atoms with Crippen molar-refractivity contribution in [3.63, 3.8) is 0 Å². The van der Waals surface area contributed by atoms with E-state index in [4.69, 9.17) is 0 Å². The van der Waals surface area contributed by atoms with Crippen molar-refractivity contribution in [3.8, 4) is 5.69 Å². The van der Waals surface area contributed by atoms with Crippen LogP contribution < -0.4 is 5.32 Å². The van der Waals surface area contributed by atoms with E-state index in [1.165, 1.54) is 40.8 Å². The lowest BCUT2D eigenvalue weighted by molar-refractivity contribution is -0.384. The fourth-order valence-corrected chi connectivity index (χ4v) is 3.74. The number of aliphatic carboxylic acids is 1. The van der Waals surface area contributed by atoms with Gasteiger partial charge in [0.05, 0.1) is 16.8 Å². The summed E-state index contributed by atoms with van der Waals surface area (Å²) in [6.07, 6.45) is 1.63. The number of thioether (sulfide) groups is 1. The number of carbonyl (C=O) groups excluding carboxylic acids is 1. The van der Waals surface area contributed by atoms with Gasteiger partial charge in [0, 0.05) is 17.9 Å². The Kier molecular flexibility index (Phi) is 4.40. The molecule has 1 atom stereocenters. The summed E-state index contributed by atoms with van der Waals surface area (Å²) in [5.41, 5.74) is -1.13. The van der Waals surface area contributed by atoms with Crippen LogP contribution in [0.3, 0.4) is 0 Å². The van der Waals surface area contributed by atoms with Gasteiger partial charge in [0.25, 0.3) is 11.6 Å². The molecule has 25 heavy (non-hydrogen) atoms. The Labute approximate surface area is 145 Å². The molecular formula is C14H13N5O5S. The summed E-state index contributed by atoms with van der Waals surface area (Å²) in [6.45, 7) is 0. The first-order chi connectivity index (χ1) is 11.9. The SMILES string of the molecule is O=C(NC1(C(=O)O)CCSC1)c1cn(-c2cccc([N+](=O)[O-])c2)nn1. The van der Waals surface area contributed by atoms with Crippen LogP contribution in [0.5, 0.6) is 0 Å². The molecule has 2 N–H and O–H groups in total. The van der Waals surface area contributed by atoms with Crippen LogP contribution in [0.4, 0.5) is 5.69 Å². The van der Waals surface area contributed by atoms with Crippen LogP contribution in [-0.4, -0.2) is 53.9 Å². The van der Waals surface area contributed by atoms with E-state index in [2.05, 4.69) is 15.6 Å². The summed E-state index contributed by atoms with van der Waals surface area (Å²) >= 11 is 1.45. The fraction of sp³-hybridized carbons (Fsp3) is 0.286. The zero-order valence-corrected chi connectivity index (χ0v) is 13.6. The van der Waals surface area contributed by atoms with Crippen LogP contribution in [0.2, 0.25) is 0 Å². The monoisotopic (exact) mass is 363 g/mol. The average Bonchev–Trinajstić information content (AvgIpc) is 3.25. The first kappa shape index (κ1) is 16.9. The maximum Gasteiger partial charge on any atom is 0.330 e. The summed E-state index contributed by atoms with van der Waals surface area (Å²) in [7, 11) is 0. The molecule has 0 spiro atoms. The molecule has 0 saturated carbocycles. The second kappa shape index (κ2) is 6.51. The molecule has 1 amide bonds. The molecule has 2 aromatic rings. The van der Waals surface area contributed by atoms with Crippen molar-refractivity contribution in [2.24, 2.45) is 0 Å². The largest absolute Gasteiger partial charge is 0.479 e. The first-order valence-electron chi connectivity index (χ1n) is 7.22. The number of rotatable bonds is 5. The molecule has 1 aliphatic rings. The van der Waals surface area contributed by atoms with E-state index in [9.17, 15) is 24.8 Å². The number of nitro groups is 1. The van der Waals surface area contributed by atoms with Gasteiger partial charge in [-0.25, -0.2) is 9.48 Å². The number of aromatic nitrogens is 3. The highest BCUT2D eigenvalue weighted by atomic mass is 32.2. The molecule has 0 bridgehead atoms. The van der Waals surface area contributed by atoms with Gasteiger partial charge in [-0.2, -0.15) is 11.8 Å². The van der Waals surface area contributed by atoms with Crippen LogP contribution in [-0.2, 0) is 4.79 Å². The number of carbonyl (C=O) groups is 2. The third kappa shape index (κ3) is 3.31. The van der Waals surface area contributed by atoms with Crippen LogP contribution >= 0.6 is 11.8 Å². The summed E-state index contributed by atoms with van der Waals surface area (Å²) < 4.78 is 1.22. The molecule has 1 aliphatic heterocycles. The maximum absolute atomic E-state index is 12.3. The van der Waals surface area contributed by atoms with Crippen molar-refractivity contribution in [1.29, 1.82) is 0 Å². The highest BCUT2D eigenvalue weighted by molar-refractivity contribution is 7.99. The minimum Gasteiger partial charge on any atom is -0.479 e. The number of amides is 1. The molecule has 1 unspecified atom stereocenters. The smallest absolute Gasteiger partial charge is 0.330 e. The third-order valence-electron chi connectivity index (χ3n) is 3.81. The minimum atomic E-state index is -1.31. The van der Waals surface area contributed by atoms with Crippen LogP contribution in [0.1, 0.15) is 16.9 Å². The Morgan fingerprint density at radius 3 is 2.88 bits per heavy atom. The maximum atomic E-state index is 12.3. The van der Waals surface area contributed by atoms with Gasteiger partial charge in [-0.05, 0) is 18.2 Å². The van der Waals surface area contributed by atoms with E-state index < -0.39 is 22.3 Å². The van der Waals surface area contributed by atoms with Gasteiger partial charge in [-0.3, -0.25) is 14.9 Å². The van der Waals surface area contributed by atoms with Crippen molar-refractivity contribution < 1.29 is 19.6 Å². The second-order valence-electron chi connectivity index (χ2n) is 5.47. The highest BCUT2D eigenvalue weighted by Gasteiger charge is 2.43. The Hall–Kier alpha value is -2.95. The molecule has 10 nitrogen and oxygen atoms in total. The molecule has 1 fully saturated rings. The van der Waals surface area contributed by atoms with Gasteiger partial charge in [0.15, 0.2) is 5.69 Å². The Morgan fingerprint density at radius 2 is 2.24 bits per heavy atom. The zero-order valence-electron chi connectivity index (χ0n) is 12.8. The topological polar surface area (TPSA) is 140 Å². The van der Waals surface area contributed by atoms with Crippen molar-refractivity contribution in [2.45, 2.75) is 12.0 Å². The zero-order chi connectivity index (χ0) is 18.0. The van der Waals surface area contributed by atoms with Crippen molar-refractivity contribution in [3.05, 3.63) is 46.3 Å². The van der Waals surface area contributed by atoms with E-state index in [1.807, 2.05) is 0 Å². The first-order valence-corrected chi connectivity index (χ1v) is 8.38. The lowest BCUT2D eigenvalue weighted by Crippen LogP contribution is -2.54. The molecule has 130 valence electrons. The molecule has 1 aromatic carbocycles. The van der Waals surface area contributed by atoms with Crippen LogP contribution in [0.15, 0.2) is 30.5 Å².